The van der Waals surface area contributed by atoms with Crippen LogP contribution in [-0.4, -0.2) is 28.6 Å². The van der Waals surface area contributed by atoms with E-state index in [1.165, 1.54) is 12.1 Å². The highest BCUT2D eigenvalue weighted by atomic mass is 79.9. The Balaban J connectivity index is 1.81. The summed E-state index contributed by atoms with van der Waals surface area (Å²) in [5.41, 5.74) is 3.68. The van der Waals surface area contributed by atoms with Crippen molar-refractivity contribution in [2.75, 3.05) is 13.1 Å². The number of aromatic nitrogens is 1. The van der Waals surface area contributed by atoms with Crippen LogP contribution in [0.2, 0.25) is 0 Å². The minimum Gasteiger partial charge on any atom is -0.410 e. The van der Waals surface area contributed by atoms with Crippen LogP contribution in [0.4, 0.5) is 9.18 Å². The summed E-state index contributed by atoms with van der Waals surface area (Å²) in [6.07, 6.45) is 1.61. The van der Waals surface area contributed by atoms with E-state index in [4.69, 9.17) is 4.74 Å². The SMILES string of the molecule is CCN(CC)C(=O)Oc1ccc2c(ccn2Cc2cc(Br)cc(Br)c2)c1-c1ccc(F)cc1. The summed E-state index contributed by atoms with van der Waals surface area (Å²) in [5.74, 6) is 0.138. The summed E-state index contributed by atoms with van der Waals surface area (Å²) < 4.78 is 23.6. The van der Waals surface area contributed by atoms with Crippen molar-refractivity contribution in [3.63, 3.8) is 0 Å². The lowest BCUT2D eigenvalue weighted by atomic mass is 10.0. The summed E-state index contributed by atoms with van der Waals surface area (Å²) in [4.78, 5) is 14.3. The molecule has 4 rings (SSSR count). The van der Waals surface area contributed by atoms with Gasteiger partial charge >= 0.3 is 6.09 Å². The summed E-state index contributed by atoms with van der Waals surface area (Å²) >= 11 is 7.10. The van der Waals surface area contributed by atoms with E-state index in [0.29, 0.717) is 25.4 Å². The molecule has 170 valence electrons. The zero-order valence-corrected chi connectivity index (χ0v) is 21.5. The summed E-state index contributed by atoms with van der Waals surface area (Å²) in [5, 5.41) is 0.931. The van der Waals surface area contributed by atoms with Crippen LogP contribution in [0.25, 0.3) is 22.0 Å². The summed E-state index contributed by atoms with van der Waals surface area (Å²) in [6, 6.07) is 18.2. The van der Waals surface area contributed by atoms with Gasteiger partial charge in [-0.15, -0.1) is 0 Å². The molecule has 0 saturated heterocycles. The van der Waals surface area contributed by atoms with E-state index in [1.54, 1.807) is 17.0 Å². The lowest BCUT2D eigenvalue weighted by Crippen LogP contribution is -2.33. The third-order valence-electron chi connectivity index (χ3n) is 5.54. The van der Waals surface area contributed by atoms with E-state index in [1.807, 2.05) is 44.3 Å². The highest BCUT2D eigenvalue weighted by Gasteiger charge is 2.19. The fourth-order valence-corrected chi connectivity index (χ4v) is 5.32. The second kappa shape index (κ2) is 10.1. The maximum Gasteiger partial charge on any atom is 0.415 e. The molecule has 4 nitrogen and oxygen atoms in total. The molecule has 1 amide bonds. The average Bonchev–Trinajstić information content (AvgIpc) is 3.17. The molecule has 0 aliphatic carbocycles. The molecule has 0 spiro atoms. The topological polar surface area (TPSA) is 34.5 Å². The molecule has 1 heterocycles. The standard InChI is InChI=1S/C26H23Br2FN2O2/c1-3-30(4-2)26(32)33-24-10-9-23-22(25(24)18-5-7-21(29)8-6-18)11-12-31(23)16-17-13-19(27)15-20(28)14-17/h5-15H,3-4,16H2,1-2H3. The predicted octanol–water partition coefficient (Wildman–Crippen LogP) is 7.86. The molecule has 7 heteroatoms. The number of hydrogen-bond donors (Lipinski definition) is 0. The van der Waals surface area contributed by atoms with E-state index in [0.717, 1.165) is 36.5 Å². The fraction of sp³-hybridized carbons (Fsp3) is 0.192. The number of nitrogens with zero attached hydrogens (tertiary/aromatic N) is 2. The van der Waals surface area contributed by atoms with Gasteiger partial charge < -0.3 is 14.2 Å². The van der Waals surface area contributed by atoms with E-state index < -0.39 is 6.09 Å². The van der Waals surface area contributed by atoms with Crippen LogP contribution >= 0.6 is 31.9 Å². The molecule has 0 atom stereocenters. The van der Waals surface area contributed by atoms with Gasteiger partial charge in [0.15, 0.2) is 0 Å². The van der Waals surface area contributed by atoms with Gasteiger partial charge in [-0.05, 0) is 73.5 Å². The van der Waals surface area contributed by atoms with Gasteiger partial charge in [0.2, 0.25) is 0 Å². The zero-order valence-electron chi connectivity index (χ0n) is 18.3. The van der Waals surface area contributed by atoms with Gasteiger partial charge in [0, 0.05) is 51.2 Å². The van der Waals surface area contributed by atoms with Crippen molar-refractivity contribution >= 4 is 48.9 Å². The van der Waals surface area contributed by atoms with Crippen molar-refractivity contribution in [1.29, 1.82) is 0 Å². The van der Waals surface area contributed by atoms with Crippen molar-refractivity contribution in [2.45, 2.75) is 20.4 Å². The smallest absolute Gasteiger partial charge is 0.410 e. The van der Waals surface area contributed by atoms with Crippen LogP contribution in [0.15, 0.2) is 75.8 Å². The predicted molar refractivity (Wildman–Crippen MR) is 137 cm³/mol. The molecule has 0 aliphatic heterocycles. The third-order valence-corrected chi connectivity index (χ3v) is 6.46. The first-order valence-corrected chi connectivity index (χ1v) is 12.3. The Hall–Kier alpha value is -2.64. The van der Waals surface area contributed by atoms with Crippen molar-refractivity contribution in [3.05, 3.63) is 87.2 Å². The first-order chi connectivity index (χ1) is 15.9. The normalized spacial score (nSPS) is 11.1. The molecule has 0 N–H and O–H groups in total. The Labute approximate surface area is 209 Å². The average molecular weight is 574 g/mol. The second-order valence-electron chi connectivity index (χ2n) is 7.64. The lowest BCUT2D eigenvalue weighted by Gasteiger charge is -2.20. The molecular weight excluding hydrogens is 551 g/mol. The number of carbonyl (C=O) groups is 1. The summed E-state index contributed by atoms with van der Waals surface area (Å²) in [7, 11) is 0. The first-order valence-electron chi connectivity index (χ1n) is 10.7. The van der Waals surface area contributed by atoms with Crippen molar-refractivity contribution in [1.82, 2.24) is 9.47 Å². The number of fused-ring (bicyclic) bond motifs is 1. The van der Waals surface area contributed by atoms with E-state index in [9.17, 15) is 9.18 Å². The molecule has 0 fully saturated rings. The Morgan fingerprint density at radius 2 is 1.64 bits per heavy atom. The van der Waals surface area contributed by atoms with Gasteiger partial charge in [-0.1, -0.05) is 44.0 Å². The second-order valence-corrected chi connectivity index (χ2v) is 9.47. The molecule has 0 unspecified atom stereocenters. The van der Waals surface area contributed by atoms with Crippen molar-refractivity contribution in [2.24, 2.45) is 0 Å². The molecule has 4 aromatic rings. The minimum absolute atomic E-state index is 0.314. The highest BCUT2D eigenvalue weighted by molar-refractivity contribution is 9.11. The molecule has 1 aromatic heterocycles. The van der Waals surface area contributed by atoms with Crippen LogP contribution in [-0.2, 0) is 6.54 Å². The molecule has 0 saturated carbocycles. The fourth-order valence-electron chi connectivity index (χ4n) is 3.93. The number of carbonyl (C=O) groups excluding carboxylic acids is 1. The molecule has 0 aliphatic rings. The van der Waals surface area contributed by atoms with Crippen LogP contribution in [0.5, 0.6) is 5.75 Å². The van der Waals surface area contributed by atoms with Gasteiger partial charge in [0.25, 0.3) is 0 Å². The highest BCUT2D eigenvalue weighted by Crippen LogP contribution is 2.38. The van der Waals surface area contributed by atoms with Gasteiger partial charge in [-0.2, -0.15) is 0 Å². The number of hydrogen-bond acceptors (Lipinski definition) is 2. The number of halogens is 3. The van der Waals surface area contributed by atoms with Crippen LogP contribution in [0.1, 0.15) is 19.4 Å². The molecule has 0 radical (unpaired) electrons. The summed E-state index contributed by atoms with van der Waals surface area (Å²) in [6.45, 7) is 5.61. The van der Waals surface area contributed by atoms with E-state index in [-0.39, 0.29) is 5.82 Å². The van der Waals surface area contributed by atoms with Crippen molar-refractivity contribution < 1.29 is 13.9 Å². The number of benzene rings is 3. The molecule has 33 heavy (non-hydrogen) atoms. The maximum absolute atomic E-state index is 13.6. The molecule has 3 aromatic carbocycles. The third kappa shape index (κ3) is 5.14. The first kappa shape index (κ1) is 23.5. The molecular formula is C26H23Br2FN2O2. The Morgan fingerprint density at radius 3 is 2.27 bits per heavy atom. The van der Waals surface area contributed by atoms with Crippen LogP contribution < -0.4 is 4.74 Å². The van der Waals surface area contributed by atoms with E-state index in [2.05, 4.69) is 48.6 Å². The largest absolute Gasteiger partial charge is 0.415 e. The van der Waals surface area contributed by atoms with Crippen LogP contribution in [0, 0.1) is 5.82 Å². The lowest BCUT2D eigenvalue weighted by molar-refractivity contribution is 0.157. The Bertz CT molecular complexity index is 1280. The monoisotopic (exact) mass is 572 g/mol. The van der Waals surface area contributed by atoms with E-state index >= 15 is 0 Å². The quantitative estimate of drug-likeness (QED) is 0.235. The van der Waals surface area contributed by atoms with Gasteiger partial charge in [-0.25, -0.2) is 9.18 Å². The Kier molecular flexibility index (Phi) is 7.20. The molecule has 0 bridgehead atoms. The minimum atomic E-state index is -0.402. The number of rotatable bonds is 6. The number of amides is 1. The van der Waals surface area contributed by atoms with Crippen LogP contribution in [0.3, 0.4) is 0 Å². The van der Waals surface area contributed by atoms with Gasteiger partial charge in [0.05, 0.1) is 0 Å². The number of ether oxygens (including phenoxy) is 1. The van der Waals surface area contributed by atoms with Crippen molar-refractivity contribution in [3.8, 4) is 16.9 Å². The Morgan fingerprint density at radius 1 is 0.970 bits per heavy atom. The van der Waals surface area contributed by atoms with Gasteiger partial charge in [0.1, 0.15) is 11.6 Å². The van der Waals surface area contributed by atoms with Gasteiger partial charge in [-0.3, -0.25) is 0 Å². The maximum atomic E-state index is 13.6. The zero-order chi connectivity index (χ0) is 23.5.